The van der Waals surface area contributed by atoms with Gasteiger partial charge in [0.25, 0.3) is 0 Å². The van der Waals surface area contributed by atoms with E-state index in [0.717, 1.165) is 22.0 Å². The number of carboxylic acid groups (broad SMARTS) is 1. The lowest BCUT2D eigenvalue weighted by molar-refractivity contribution is -0.128. The average molecular weight is 470 g/mol. The van der Waals surface area contributed by atoms with Gasteiger partial charge in [-0.25, -0.2) is 9.78 Å². The fourth-order valence-electron chi connectivity index (χ4n) is 3.18. The molecule has 1 fully saturated rings. The summed E-state index contributed by atoms with van der Waals surface area (Å²) in [4.78, 5) is 29.2. The van der Waals surface area contributed by atoms with Crippen molar-refractivity contribution in [1.29, 1.82) is 0 Å². The van der Waals surface area contributed by atoms with E-state index < -0.39 is 5.97 Å². The highest BCUT2D eigenvalue weighted by Gasteiger charge is 2.35. The standard InChI is InChI=1S/C18H20BrN3O3S2/c1-10-2-3-11(12(19)8-10)16(20)14-4-5-15(23)22(14)6-7-26-18-21-13(9-27-18)17(24)25/h2-3,8-9,14,16H,4-7,20H2,1H3,(H,24,25)/t14-,16?/m1/s1. The Morgan fingerprint density at radius 1 is 1.56 bits per heavy atom. The summed E-state index contributed by atoms with van der Waals surface area (Å²) in [5.41, 5.74) is 8.73. The molecule has 2 heterocycles. The molecule has 3 rings (SSSR count). The minimum atomic E-state index is -1.03. The number of rotatable bonds is 7. The number of nitrogens with two attached hydrogens (primary N) is 1. The Bertz CT molecular complexity index is 858. The van der Waals surface area contributed by atoms with Gasteiger partial charge in [0.05, 0.1) is 12.1 Å². The molecule has 0 spiro atoms. The molecule has 1 unspecified atom stereocenters. The van der Waals surface area contributed by atoms with Crippen LogP contribution in [0.25, 0.3) is 0 Å². The Labute approximate surface area is 174 Å². The summed E-state index contributed by atoms with van der Waals surface area (Å²) in [7, 11) is 0. The highest BCUT2D eigenvalue weighted by molar-refractivity contribution is 9.10. The zero-order chi connectivity index (χ0) is 19.6. The predicted octanol–water partition coefficient (Wildman–Crippen LogP) is 3.70. The molecule has 1 aliphatic rings. The van der Waals surface area contributed by atoms with Crippen LogP contribution in [-0.4, -0.2) is 45.2 Å². The van der Waals surface area contributed by atoms with Crippen LogP contribution in [0.4, 0.5) is 0 Å². The molecule has 1 aliphatic heterocycles. The third kappa shape index (κ3) is 4.71. The van der Waals surface area contributed by atoms with Crippen molar-refractivity contribution < 1.29 is 14.7 Å². The number of nitrogens with zero attached hydrogens (tertiary/aromatic N) is 2. The first kappa shape index (κ1) is 20.3. The molecule has 3 N–H and O–H groups in total. The van der Waals surface area contributed by atoms with Gasteiger partial charge >= 0.3 is 5.97 Å². The summed E-state index contributed by atoms with van der Waals surface area (Å²) >= 11 is 6.35. The smallest absolute Gasteiger partial charge is 0.355 e. The van der Waals surface area contributed by atoms with E-state index in [4.69, 9.17) is 10.8 Å². The van der Waals surface area contributed by atoms with Crippen molar-refractivity contribution in [2.75, 3.05) is 12.3 Å². The number of likely N-dealkylation sites (tertiary alicyclic amines) is 1. The molecule has 2 atom stereocenters. The third-order valence-corrected chi connectivity index (χ3v) is 7.25. The van der Waals surface area contributed by atoms with Crippen LogP contribution in [0.2, 0.25) is 0 Å². The van der Waals surface area contributed by atoms with Crippen LogP contribution >= 0.6 is 39.0 Å². The second-order valence-corrected chi connectivity index (χ2v) is 9.45. The van der Waals surface area contributed by atoms with Gasteiger partial charge in [-0.1, -0.05) is 39.8 Å². The maximum Gasteiger partial charge on any atom is 0.355 e. The van der Waals surface area contributed by atoms with Gasteiger partial charge in [-0.05, 0) is 30.5 Å². The molecule has 27 heavy (non-hydrogen) atoms. The van der Waals surface area contributed by atoms with Gasteiger partial charge in [0, 0.05) is 28.6 Å². The quantitative estimate of drug-likeness (QED) is 0.600. The normalized spacial score (nSPS) is 18.1. The molecular weight excluding hydrogens is 450 g/mol. The first-order chi connectivity index (χ1) is 12.9. The van der Waals surface area contributed by atoms with Gasteiger partial charge in [-0.3, -0.25) is 4.79 Å². The fourth-order valence-corrected chi connectivity index (χ4v) is 5.75. The van der Waals surface area contributed by atoms with Crippen molar-refractivity contribution in [1.82, 2.24) is 9.88 Å². The van der Waals surface area contributed by atoms with Crippen molar-refractivity contribution in [3.63, 3.8) is 0 Å². The van der Waals surface area contributed by atoms with Crippen LogP contribution in [0.1, 0.15) is 40.5 Å². The number of benzene rings is 1. The largest absolute Gasteiger partial charge is 0.476 e. The molecule has 1 aromatic carbocycles. The zero-order valence-corrected chi connectivity index (χ0v) is 17.9. The number of aromatic nitrogens is 1. The molecule has 1 saturated heterocycles. The van der Waals surface area contributed by atoms with E-state index in [-0.39, 0.29) is 23.7 Å². The Balaban J connectivity index is 1.64. The summed E-state index contributed by atoms with van der Waals surface area (Å²) in [5, 5.41) is 10.5. The van der Waals surface area contributed by atoms with Crippen molar-refractivity contribution in [2.24, 2.45) is 5.73 Å². The van der Waals surface area contributed by atoms with Crippen molar-refractivity contribution in [2.45, 2.75) is 36.2 Å². The molecule has 1 aromatic heterocycles. The lowest BCUT2D eigenvalue weighted by atomic mass is 9.97. The van der Waals surface area contributed by atoms with Gasteiger partial charge in [0.15, 0.2) is 10.0 Å². The predicted molar refractivity (Wildman–Crippen MR) is 110 cm³/mol. The maximum atomic E-state index is 12.4. The van der Waals surface area contributed by atoms with Gasteiger partial charge in [0.2, 0.25) is 5.91 Å². The van der Waals surface area contributed by atoms with Gasteiger partial charge < -0.3 is 15.7 Å². The molecule has 9 heteroatoms. The maximum absolute atomic E-state index is 12.4. The van der Waals surface area contributed by atoms with Gasteiger partial charge in [-0.15, -0.1) is 11.3 Å². The number of carbonyl (C=O) groups excluding carboxylic acids is 1. The number of hydrogen-bond donors (Lipinski definition) is 2. The molecular formula is C18H20BrN3O3S2. The number of thioether (sulfide) groups is 1. The molecule has 2 aromatic rings. The summed E-state index contributed by atoms with van der Waals surface area (Å²) in [6, 6.07) is 5.79. The van der Waals surface area contributed by atoms with Crippen LogP contribution in [0, 0.1) is 6.92 Å². The van der Waals surface area contributed by atoms with E-state index in [1.807, 2.05) is 30.0 Å². The zero-order valence-electron chi connectivity index (χ0n) is 14.7. The van der Waals surface area contributed by atoms with E-state index in [1.54, 1.807) is 0 Å². The number of carbonyl (C=O) groups is 2. The number of halogens is 1. The van der Waals surface area contributed by atoms with E-state index in [0.29, 0.717) is 23.1 Å². The van der Waals surface area contributed by atoms with Crippen LogP contribution in [-0.2, 0) is 4.79 Å². The summed E-state index contributed by atoms with van der Waals surface area (Å²) in [6.45, 7) is 2.59. The second-order valence-electron chi connectivity index (χ2n) is 6.40. The molecule has 0 aliphatic carbocycles. The molecule has 0 bridgehead atoms. The minimum absolute atomic E-state index is 0.0389. The third-order valence-electron chi connectivity index (χ3n) is 4.56. The lowest BCUT2D eigenvalue weighted by Crippen LogP contribution is -2.41. The van der Waals surface area contributed by atoms with Gasteiger partial charge in [-0.2, -0.15) is 0 Å². The number of thiazole rings is 1. The first-order valence-corrected chi connectivity index (χ1v) is 11.2. The lowest BCUT2D eigenvalue weighted by Gasteiger charge is -2.30. The van der Waals surface area contributed by atoms with E-state index in [1.165, 1.54) is 28.5 Å². The second kappa shape index (κ2) is 8.72. The number of hydrogen-bond acceptors (Lipinski definition) is 6. The number of amides is 1. The van der Waals surface area contributed by atoms with Crippen molar-refractivity contribution in [3.05, 3.63) is 44.9 Å². The topological polar surface area (TPSA) is 96.5 Å². The van der Waals surface area contributed by atoms with Crippen LogP contribution in [0.3, 0.4) is 0 Å². The van der Waals surface area contributed by atoms with E-state index in [2.05, 4.69) is 20.9 Å². The highest BCUT2D eigenvalue weighted by atomic mass is 79.9. The van der Waals surface area contributed by atoms with E-state index >= 15 is 0 Å². The van der Waals surface area contributed by atoms with Crippen LogP contribution in [0.15, 0.2) is 32.4 Å². The van der Waals surface area contributed by atoms with Gasteiger partial charge in [0.1, 0.15) is 0 Å². The highest BCUT2D eigenvalue weighted by Crippen LogP contribution is 2.33. The Hall–Kier alpha value is -1.42. The minimum Gasteiger partial charge on any atom is -0.476 e. The summed E-state index contributed by atoms with van der Waals surface area (Å²) < 4.78 is 1.66. The Morgan fingerprint density at radius 2 is 2.33 bits per heavy atom. The SMILES string of the molecule is Cc1ccc(C(N)[C@H]2CCC(=O)N2CCSc2nc(C(=O)O)cs2)c(Br)c1. The molecule has 0 saturated carbocycles. The van der Waals surface area contributed by atoms with Crippen molar-refractivity contribution in [3.8, 4) is 0 Å². The van der Waals surface area contributed by atoms with Crippen LogP contribution in [0.5, 0.6) is 0 Å². The van der Waals surface area contributed by atoms with Crippen molar-refractivity contribution >= 4 is 50.9 Å². The molecule has 144 valence electrons. The number of aromatic carboxylic acids is 1. The fraction of sp³-hybridized carbons (Fsp3) is 0.389. The number of carboxylic acids is 1. The summed E-state index contributed by atoms with van der Waals surface area (Å²) in [6.07, 6.45) is 1.25. The molecule has 6 nitrogen and oxygen atoms in total. The Kier molecular flexibility index (Phi) is 6.56. The number of aryl methyl sites for hydroxylation is 1. The summed E-state index contributed by atoms with van der Waals surface area (Å²) in [5.74, 6) is -0.261. The average Bonchev–Trinajstić information content (AvgIpc) is 3.22. The first-order valence-electron chi connectivity index (χ1n) is 8.49. The van der Waals surface area contributed by atoms with Crippen LogP contribution < -0.4 is 5.73 Å². The molecule has 1 amide bonds. The Morgan fingerprint density at radius 3 is 3.00 bits per heavy atom. The monoisotopic (exact) mass is 469 g/mol. The molecule has 0 radical (unpaired) electrons. The van der Waals surface area contributed by atoms with E-state index in [9.17, 15) is 9.59 Å².